The first-order valence-corrected chi connectivity index (χ1v) is 5.47. The molecule has 0 radical (unpaired) electrons. The van der Waals surface area contributed by atoms with Gasteiger partial charge < -0.3 is 0 Å². The lowest BCUT2D eigenvalue weighted by Gasteiger charge is -2.11. The highest BCUT2D eigenvalue weighted by molar-refractivity contribution is 5.46. The molecule has 0 aromatic heterocycles. The van der Waals surface area contributed by atoms with Crippen molar-refractivity contribution < 1.29 is 0 Å². The fraction of sp³-hybridized carbons (Fsp3) is 0.692. The quantitative estimate of drug-likeness (QED) is 0.597. The minimum atomic E-state index is 0.714. The second-order valence-electron chi connectivity index (χ2n) is 4.28. The number of rotatable bonds is 3. The Bertz CT molecular complexity index is 253. The van der Waals surface area contributed by atoms with Crippen LogP contribution in [0.2, 0.25) is 0 Å². The minimum absolute atomic E-state index is 0.714. The van der Waals surface area contributed by atoms with E-state index in [4.69, 9.17) is 0 Å². The largest absolute Gasteiger partial charge is 0.0654 e. The molecule has 0 heteroatoms. The Kier molecular flexibility index (Phi) is 3.35. The average Bonchev–Trinajstić information content (AvgIpc) is 2.30. The Labute approximate surface area is 82.7 Å². The molecular formula is C13H22. The number of allylic oxidation sites excluding steroid dienone is 4. The highest BCUT2D eigenvalue weighted by atomic mass is 14.3. The fourth-order valence-corrected chi connectivity index (χ4v) is 2.22. The van der Waals surface area contributed by atoms with Gasteiger partial charge >= 0.3 is 0 Å². The van der Waals surface area contributed by atoms with E-state index >= 15 is 0 Å². The molecule has 0 saturated heterocycles. The standard InChI is InChI=1S/C13H22/c1-6-7-8-13-11(4)9(2)10(3)12(13)5/h11H,6-8H2,1-5H3. The van der Waals surface area contributed by atoms with Crippen LogP contribution in [-0.2, 0) is 0 Å². The zero-order valence-electron chi connectivity index (χ0n) is 9.70. The van der Waals surface area contributed by atoms with Crippen LogP contribution < -0.4 is 0 Å². The summed E-state index contributed by atoms with van der Waals surface area (Å²) < 4.78 is 0. The van der Waals surface area contributed by atoms with Crippen molar-refractivity contribution in [3.8, 4) is 0 Å². The molecule has 13 heavy (non-hydrogen) atoms. The van der Waals surface area contributed by atoms with Crippen molar-refractivity contribution >= 4 is 0 Å². The van der Waals surface area contributed by atoms with Gasteiger partial charge in [0.15, 0.2) is 0 Å². The van der Waals surface area contributed by atoms with Gasteiger partial charge in [0.2, 0.25) is 0 Å². The molecule has 1 unspecified atom stereocenters. The molecule has 0 spiro atoms. The molecule has 0 aromatic carbocycles. The summed E-state index contributed by atoms with van der Waals surface area (Å²) in [7, 11) is 0. The third-order valence-electron chi connectivity index (χ3n) is 3.61. The predicted molar refractivity (Wildman–Crippen MR) is 59.8 cm³/mol. The molecule has 0 saturated carbocycles. The van der Waals surface area contributed by atoms with E-state index in [9.17, 15) is 0 Å². The van der Waals surface area contributed by atoms with Crippen molar-refractivity contribution in [2.24, 2.45) is 5.92 Å². The molecule has 0 bridgehead atoms. The van der Waals surface area contributed by atoms with Crippen molar-refractivity contribution in [2.45, 2.75) is 53.9 Å². The van der Waals surface area contributed by atoms with E-state index in [1.54, 1.807) is 22.3 Å². The Hall–Kier alpha value is -0.520. The molecule has 74 valence electrons. The molecule has 1 atom stereocenters. The molecule has 1 aliphatic carbocycles. The van der Waals surface area contributed by atoms with Crippen LogP contribution in [0.3, 0.4) is 0 Å². The molecule has 0 nitrogen and oxygen atoms in total. The third-order valence-corrected chi connectivity index (χ3v) is 3.61. The summed E-state index contributed by atoms with van der Waals surface area (Å²) in [6.07, 6.45) is 3.96. The number of unbranched alkanes of at least 4 members (excludes halogenated alkanes) is 1. The SMILES string of the molecule is CCCCC1=C(C)C(C)=C(C)C1C. The first-order valence-electron chi connectivity index (χ1n) is 5.47. The summed E-state index contributed by atoms with van der Waals surface area (Å²) >= 11 is 0. The molecular weight excluding hydrogens is 156 g/mol. The van der Waals surface area contributed by atoms with Gasteiger partial charge in [-0.25, -0.2) is 0 Å². The summed E-state index contributed by atoms with van der Waals surface area (Å²) in [6.45, 7) is 11.4. The maximum atomic E-state index is 2.35. The van der Waals surface area contributed by atoms with E-state index in [-0.39, 0.29) is 0 Å². The molecule has 1 aliphatic rings. The topological polar surface area (TPSA) is 0 Å². The van der Waals surface area contributed by atoms with Crippen molar-refractivity contribution in [1.82, 2.24) is 0 Å². The van der Waals surface area contributed by atoms with Crippen molar-refractivity contribution in [2.75, 3.05) is 0 Å². The summed E-state index contributed by atoms with van der Waals surface area (Å²) in [5, 5.41) is 0. The van der Waals surface area contributed by atoms with Gasteiger partial charge in [-0.05, 0) is 50.7 Å². The van der Waals surface area contributed by atoms with Crippen LogP contribution in [-0.4, -0.2) is 0 Å². The molecule has 0 heterocycles. The van der Waals surface area contributed by atoms with Crippen LogP contribution in [0, 0.1) is 5.92 Å². The third kappa shape index (κ3) is 1.87. The summed E-state index contributed by atoms with van der Waals surface area (Å²) in [4.78, 5) is 0. The predicted octanol–water partition coefficient (Wildman–Crippen LogP) is 4.48. The van der Waals surface area contributed by atoms with Crippen LogP contribution in [0.1, 0.15) is 53.9 Å². The second-order valence-corrected chi connectivity index (χ2v) is 4.28. The normalized spacial score (nSPS) is 23.3. The number of hydrogen-bond acceptors (Lipinski definition) is 0. The van der Waals surface area contributed by atoms with Crippen molar-refractivity contribution in [3.63, 3.8) is 0 Å². The Morgan fingerprint density at radius 1 is 1.08 bits per heavy atom. The molecule has 1 rings (SSSR count). The summed E-state index contributed by atoms with van der Waals surface area (Å²) in [5.41, 5.74) is 6.39. The first-order chi connectivity index (χ1) is 6.09. The molecule has 0 aliphatic heterocycles. The Morgan fingerprint density at radius 3 is 2.08 bits per heavy atom. The highest BCUT2D eigenvalue weighted by Crippen LogP contribution is 2.38. The summed E-state index contributed by atoms with van der Waals surface area (Å²) in [6, 6.07) is 0. The van der Waals surface area contributed by atoms with E-state index in [1.165, 1.54) is 19.3 Å². The van der Waals surface area contributed by atoms with Crippen LogP contribution >= 0.6 is 0 Å². The van der Waals surface area contributed by atoms with Gasteiger partial charge in [-0.2, -0.15) is 0 Å². The van der Waals surface area contributed by atoms with E-state index in [1.807, 2.05) is 0 Å². The van der Waals surface area contributed by atoms with E-state index in [0.29, 0.717) is 5.92 Å². The second kappa shape index (κ2) is 4.13. The van der Waals surface area contributed by atoms with Crippen molar-refractivity contribution in [3.05, 3.63) is 22.3 Å². The van der Waals surface area contributed by atoms with Gasteiger partial charge in [0.25, 0.3) is 0 Å². The monoisotopic (exact) mass is 178 g/mol. The van der Waals surface area contributed by atoms with Crippen LogP contribution in [0.25, 0.3) is 0 Å². The zero-order valence-corrected chi connectivity index (χ0v) is 9.70. The Balaban J connectivity index is 2.78. The average molecular weight is 178 g/mol. The Morgan fingerprint density at radius 2 is 1.69 bits per heavy atom. The molecule has 0 N–H and O–H groups in total. The maximum absolute atomic E-state index is 2.35. The van der Waals surface area contributed by atoms with Crippen LogP contribution in [0.5, 0.6) is 0 Å². The maximum Gasteiger partial charge on any atom is -0.00126 e. The molecule has 0 fully saturated rings. The lowest BCUT2D eigenvalue weighted by Crippen LogP contribution is -1.97. The van der Waals surface area contributed by atoms with E-state index < -0.39 is 0 Å². The lowest BCUT2D eigenvalue weighted by atomic mass is 9.94. The number of hydrogen-bond donors (Lipinski definition) is 0. The molecule has 0 amide bonds. The van der Waals surface area contributed by atoms with Crippen LogP contribution in [0.4, 0.5) is 0 Å². The zero-order chi connectivity index (χ0) is 10.0. The van der Waals surface area contributed by atoms with E-state index in [2.05, 4.69) is 34.6 Å². The highest BCUT2D eigenvalue weighted by Gasteiger charge is 2.22. The summed E-state index contributed by atoms with van der Waals surface area (Å²) in [5.74, 6) is 0.714. The fourth-order valence-electron chi connectivity index (χ4n) is 2.22. The minimum Gasteiger partial charge on any atom is -0.0654 e. The molecule has 0 aromatic rings. The van der Waals surface area contributed by atoms with E-state index in [0.717, 1.165) is 0 Å². The van der Waals surface area contributed by atoms with Crippen molar-refractivity contribution in [1.29, 1.82) is 0 Å². The first kappa shape index (κ1) is 10.6. The van der Waals surface area contributed by atoms with Gasteiger partial charge in [-0.3, -0.25) is 0 Å². The van der Waals surface area contributed by atoms with Gasteiger partial charge in [0.1, 0.15) is 0 Å². The smallest absolute Gasteiger partial charge is 0.00126 e. The van der Waals surface area contributed by atoms with Gasteiger partial charge in [-0.1, -0.05) is 31.4 Å². The van der Waals surface area contributed by atoms with Crippen LogP contribution in [0.15, 0.2) is 22.3 Å². The lowest BCUT2D eigenvalue weighted by molar-refractivity contribution is 0.699. The van der Waals surface area contributed by atoms with Gasteiger partial charge in [0, 0.05) is 0 Å². The van der Waals surface area contributed by atoms with Gasteiger partial charge in [0.05, 0.1) is 0 Å². The van der Waals surface area contributed by atoms with Gasteiger partial charge in [-0.15, -0.1) is 0 Å².